The van der Waals surface area contributed by atoms with Gasteiger partial charge >= 0.3 is 0 Å². The maximum atomic E-state index is 10.1. The van der Waals surface area contributed by atoms with Crippen LogP contribution in [0.3, 0.4) is 0 Å². The van der Waals surface area contributed by atoms with Crippen molar-refractivity contribution in [1.29, 1.82) is 15.8 Å². The standard InChI is InChI=1S/C41H27N5/c1-41-21-5-4-14-39(41)45(31-18-15-27(24-42)16-19-31)40-32(10-7-12-35(40)41)29-9-6-11-33-34-22-28(25-43)17-20-37(34)46(38(33)23-29)36-13-3-2-8-30(36)26-44/h2-10,12-23,39H,11H2,1H3/t39?,41-/m0/s1. The van der Waals surface area contributed by atoms with E-state index < -0.39 is 0 Å². The molecule has 5 heteroatoms. The van der Waals surface area contributed by atoms with Gasteiger partial charge in [0.1, 0.15) is 6.07 Å². The average molecular weight is 590 g/mol. The Balaban J connectivity index is 1.40. The summed E-state index contributed by atoms with van der Waals surface area (Å²) in [5.41, 5.74) is 11.0. The number of allylic oxidation sites excluding steroid dienone is 5. The highest BCUT2D eigenvalue weighted by Gasteiger charge is 2.47. The highest BCUT2D eigenvalue weighted by atomic mass is 15.2. The predicted octanol–water partition coefficient (Wildman–Crippen LogP) is 8.80. The van der Waals surface area contributed by atoms with Gasteiger partial charge in [0.2, 0.25) is 0 Å². The number of nitrogens with zero attached hydrogens (tertiary/aromatic N) is 5. The van der Waals surface area contributed by atoms with Crippen molar-refractivity contribution in [3.63, 3.8) is 0 Å². The zero-order valence-corrected chi connectivity index (χ0v) is 25.1. The molecule has 1 aliphatic heterocycles. The van der Waals surface area contributed by atoms with E-state index in [-0.39, 0.29) is 11.5 Å². The lowest BCUT2D eigenvalue weighted by Crippen LogP contribution is -2.39. The van der Waals surface area contributed by atoms with Crippen LogP contribution in [0.4, 0.5) is 11.4 Å². The van der Waals surface area contributed by atoms with Crippen LogP contribution in [0.1, 0.15) is 46.0 Å². The summed E-state index contributed by atoms with van der Waals surface area (Å²) in [6.45, 7) is 2.29. The van der Waals surface area contributed by atoms with Crippen LogP contribution < -0.4 is 4.90 Å². The van der Waals surface area contributed by atoms with E-state index in [1.54, 1.807) is 0 Å². The first-order valence-corrected chi connectivity index (χ1v) is 15.3. The number of aromatic nitrogens is 1. The molecule has 0 amide bonds. The van der Waals surface area contributed by atoms with Crippen molar-refractivity contribution in [3.8, 4) is 23.9 Å². The lowest BCUT2D eigenvalue weighted by atomic mass is 9.75. The van der Waals surface area contributed by atoms with Crippen LogP contribution in [-0.2, 0) is 11.8 Å². The fraction of sp³-hybridized carbons (Fsp3) is 0.0976. The SMILES string of the molecule is C[C@@]12C=CC=CC1N(c1ccc(C#N)cc1)c1c(C3=Cc4c(c5cc(C#N)ccc5n4-c4ccccc4C#N)CC=C3)cccc12. The smallest absolute Gasteiger partial charge is 0.101 e. The van der Waals surface area contributed by atoms with Gasteiger partial charge in [-0.1, -0.05) is 66.8 Å². The minimum Gasteiger partial charge on any atom is -0.333 e. The van der Waals surface area contributed by atoms with Crippen LogP contribution in [-0.4, -0.2) is 10.6 Å². The Labute approximate surface area is 267 Å². The van der Waals surface area contributed by atoms with E-state index in [1.165, 1.54) is 5.56 Å². The summed E-state index contributed by atoms with van der Waals surface area (Å²) in [6.07, 6.45) is 16.1. The molecule has 0 bridgehead atoms. The fourth-order valence-corrected chi connectivity index (χ4v) is 7.42. The Morgan fingerprint density at radius 2 is 1.63 bits per heavy atom. The minimum atomic E-state index is -0.248. The van der Waals surface area contributed by atoms with E-state index in [1.807, 2.05) is 66.7 Å². The molecule has 2 heterocycles. The van der Waals surface area contributed by atoms with E-state index in [0.717, 1.165) is 50.4 Å². The van der Waals surface area contributed by atoms with Crippen molar-refractivity contribution in [2.45, 2.75) is 24.8 Å². The fourth-order valence-electron chi connectivity index (χ4n) is 7.42. The second kappa shape index (κ2) is 10.4. The van der Waals surface area contributed by atoms with Gasteiger partial charge in [0.05, 0.1) is 57.5 Å². The Morgan fingerprint density at radius 3 is 2.43 bits per heavy atom. The zero-order chi connectivity index (χ0) is 31.4. The minimum absolute atomic E-state index is 0.0610. The molecule has 2 aliphatic carbocycles. The number of hydrogen-bond donors (Lipinski definition) is 0. The number of para-hydroxylation sites is 2. The summed E-state index contributed by atoms with van der Waals surface area (Å²) in [4.78, 5) is 2.41. The first kappa shape index (κ1) is 27.2. The molecule has 0 N–H and O–H groups in total. The average Bonchev–Trinajstić information content (AvgIpc) is 3.44. The highest BCUT2D eigenvalue weighted by Crippen LogP contribution is 2.54. The topological polar surface area (TPSA) is 79.5 Å². The molecule has 0 radical (unpaired) electrons. The number of rotatable bonds is 3. The van der Waals surface area contributed by atoms with Gasteiger partial charge in [0.25, 0.3) is 0 Å². The van der Waals surface area contributed by atoms with Crippen LogP contribution in [0.15, 0.2) is 121 Å². The first-order valence-electron chi connectivity index (χ1n) is 15.3. The van der Waals surface area contributed by atoms with Crippen molar-refractivity contribution in [3.05, 3.63) is 160 Å². The van der Waals surface area contributed by atoms with Crippen LogP contribution in [0.25, 0.3) is 28.2 Å². The molecule has 1 aromatic heterocycles. The van der Waals surface area contributed by atoms with Crippen molar-refractivity contribution in [1.82, 2.24) is 4.57 Å². The molecule has 3 aliphatic rings. The number of hydrogen-bond acceptors (Lipinski definition) is 4. The van der Waals surface area contributed by atoms with Gasteiger partial charge in [-0.05, 0) is 90.7 Å². The molecule has 0 fully saturated rings. The Kier molecular flexibility index (Phi) is 6.14. The summed E-state index contributed by atoms with van der Waals surface area (Å²) in [6, 6.07) is 34.9. The van der Waals surface area contributed by atoms with Crippen molar-refractivity contribution in [2.24, 2.45) is 0 Å². The van der Waals surface area contributed by atoms with E-state index in [9.17, 15) is 15.8 Å². The third-order valence-electron chi connectivity index (χ3n) is 9.60. The summed E-state index contributed by atoms with van der Waals surface area (Å²) in [7, 11) is 0. The zero-order valence-electron chi connectivity index (χ0n) is 25.1. The summed E-state index contributed by atoms with van der Waals surface area (Å²) in [5.74, 6) is 0. The van der Waals surface area contributed by atoms with Crippen LogP contribution in [0.5, 0.6) is 0 Å². The summed E-state index contributed by atoms with van der Waals surface area (Å²) < 4.78 is 2.17. The van der Waals surface area contributed by atoms with Gasteiger partial charge in [0.15, 0.2) is 0 Å². The highest BCUT2D eigenvalue weighted by molar-refractivity contribution is 6.01. The monoisotopic (exact) mass is 589 g/mol. The number of nitriles is 3. The molecule has 8 rings (SSSR count). The predicted molar refractivity (Wildman–Crippen MR) is 183 cm³/mol. The molecule has 0 saturated heterocycles. The molecule has 1 unspecified atom stereocenters. The Hall–Kier alpha value is -6.35. The maximum Gasteiger partial charge on any atom is 0.101 e. The van der Waals surface area contributed by atoms with Crippen LogP contribution >= 0.6 is 0 Å². The normalized spacial score (nSPS) is 19.0. The molecule has 2 atom stereocenters. The third-order valence-corrected chi connectivity index (χ3v) is 9.60. The quantitative estimate of drug-likeness (QED) is 0.211. The van der Waals surface area contributed by atoms with Gasteiger partial charge in [-0.3, -0.25) is 0 Å². The van der Waals surface area contributed by atoms with E-state index in [2.05, 4.69) is 95.3 Å². The van der Waals surface area contributed by atoms with Crippen molar-refractivity contribution >= 4 is 33.9 Å². The largest absolute Gasteiger partial charge is 0.333 e. The number of fused-ring (bicyclic) bond motifs is 6. The summed E-state index contributed by atoms with van der Waals surface area (Å²) >= 11 is 0. The maximum absolute atomic E-state index is 10.1. The van der Waals surface area contributed by atoms with Crippen molar-refractivity contribution < 1.29 is 0 Å². The lowest BCUT2D eigenvalue weighted by molar-refractivity contribution is 0.550. The van der Waals surface area contributed by atoms with E-state index >= 15 is 0 Å². The van der Waals surface area contributed by atoms with Gasteiger partial charge < -0.3 is 9.47 Å². The summed E-state index contributed by atoms with van der Waals surface area (Å²) in [5, 5.41) is 30.3. The molecule has 5 aromatic rings. The van der Waals surface area contributed by atoms with Gasteiger partial charge in [-0.25, -0.2) is 0 Å². The molecule has 216 valence electrons. The van der Waals surface area contributed by atoms with Crippen LogP contribution in [0, 0.1) is 34.0 Å². The lowest BCUT2D eigenvalue weighted by Gasteiger charge is -2.35. The number of benzene rings is 4. The molecular formula is C41H27N5. The van der Waals surface area contributed by atoms with E-state index in [0.29, 0.717) is 23.1 Å². The molecule has 46 heavy (non-hydrogen) atoms. The molecule has 5 nitrogen and oxygen atoms in total. The van der Waals surface area contributed by atoms with Crippen molar-refractivity contribution in [2.75, 3.05) is 4.90 Å². The molecule has 0 saturated carbocycles. The van der Waals surface area contributed by atoms with Gasteiger partial charge in [-0.2, -0.15) is 15.8 Å². The Morgan fingerprint density at radius 1 is 0.826 bits per heavy atom. The van der Waals surface area contributed by atoms with Gasteiger partial charge in [0, 0.05) is 22.1 Å². The number of anilines is 2. The Bertz CT molecular complexity index is 2340. The van der Waals surface area contributed by atoms with Crippen LogP contribution in [0.2, 0.25) is 0 Å². The second-order valence-corrected chi connectivity index (χ2v) is 12.1. The van der Waals surface area contributed by atoms with E-state index in [4.69, 9.17) is 0 Å². The molecule has 4 aromatic carbocycles. The van der Waals surface area contributed by atoms with Gasteiger partial charge in [-0.15, -0.1) is 0 Å². The third kappa shape index (κ3) is 3.92. The molecular weight excluding hydrogens is 562 g/mol. The second-order valence-electron chi connectivity index (χ2n) is 12.1. The first-order chi connectivity index (χ1) is 22.6. The molecule has 0 spiro atoms.